The molecule has 0 aliphatic rings. The number of aromatic nitrogens is 1. The van der Waals surface area contributed by atoms with Gasteiger partial charge < -0.3 is 15.4 Å². The molecular weight excluding hydrogens is 250 g/mol. The molecule has 0 saturated heterocycles. The van der Waals surface area contributed by atoms with Gasteiger partial charge in [-0.1, -0.05) is 18.2 Å². The fourth-order valence-electron chi connectivity index (χ4n) is 2.14. The quantitative estimate of drug-likeness (QED) is 0.877. The Morgan fingerprint density at radius 1 is 1.15 bits per heavy atom. The Hall–Kier alpha value is -2.07. The van der Waals surface area contributed by atoms with Gasteiger partial charge in [-0.3, -0.25) is 0 Å². The van der Waals surface area contributed by atoms with E-state index in [4.69, 9.17) is 10.5 Å². The van der Waals surface area contributed by atoms with E-state index in [1.54, 1.807) is 7.11 Å². The number of aryl methyl sites for hydroxylation is 1. The highest BCUT2D eigenvalue weighted by Gasteiger charge is 2.14. The molecule has 0 aliphatic carbocycles. The SMILES string of the molecule is COc1ccccc1N(CCCN)c1cccc(C)n1. The van der Waals surface area contributed by atoms with Gasteiger partial charge in [-0.25, -0.2) is 4.98 Å². The summed E-state index contributed by atoms with van der Waals surface area (Å²) in [5, 5.41) is 0. The molecule has 0 atom stereocenters. The van der Waals surface area contributed by atoms with Gasteiger partial charge in [0.25, 0.3) is 0 Å². The summed E-state index contributed by atoms with van der Waals surface area (Å²) < 4.78 is 5.46. The summed E-state index contributed by atoms with van der Waals surface area (Å²) in [6.07, 6.45) is 0.896. The van der Waals surface area contributed by atoms with E-state index in [2.05, 4.69) is 9.88 Å². The first-order valence-electron chi connectivity index (χ1n) is 6.80. The predicted octanol–water partition coefficient (Wildman–Crippen LogP) is 2.89. The molecule has 0 bridgehead atoms. The molecule has 1 heterocycles. The van der Waals surface area contributed by atoms with Crippen LogP contribution >= 0.6 is 0 Å². The number of para-hydroxylation sites is 2. The van der Waals surface area contributed by atoms with Crippen molar-refractivity contribution in [1.82, 2.24) is 4.98 Å². The number of pyridine rings is 1. The second-order valence-electron chi connectivity index (χ2n) is 4.60. The van der Waals surface area contributed by atoms with E-state index < -0.39 is 0 Å². The lowest BCUT2D eigenvalue weighted by Gasteiger charge is -2.25. The van der Waals surface area contributed by atoms with Crippen LogP contribution in [0.25, 0.3) is 0 Å². The molecule has 0 aliphatic heterocycles. The van der Waals surface area contributed by atoms with Crippen molar-refractivity contribution in [3.8, 4) is 5.75 Å². The molecule has 0 fully saturated rings. The average Bonchev–Trinajstić information content (AvgIpc) is 2.48. The topological polar surface area (TPSA) is 51.4 Å². The summed E-state index contributed by atoms with van der Waals surface area (Å²) in [5.41, 5.74) is 7.67. The molecule has 0 saturated carbocycles. The molecule has 0 spiro atoms. The second-order valence-corrected chi connectivity index (χ2v) is 4.60. The molecule has 2 aromatic rings. The summed E-state index contributed by atoms with van der Waals surface area (Å²) in [5.74, 6) is 1.76. The van der Waals surface area contributed by atoms with Crippen molar-refractivity contribution in [3.05, 3.63) is 48.2 Å². The number of anilines is 2. The molecule has 20 heavy (non-hydrogen) atoms. The van der Waals surface area contributed by atoms with Gasteiger partial charge in [0, 0.05) is 12.2 Å². The lowest BCUT2D eigenvalue weighted by atomic mass is 10.2. The maximum atomic E-state index is 5.66. The number of rotatable bonds is 6. The van der Waals surface area contributed by atoms with Gasteiger partial charge in [0.15, 0.2) is 0 Å². The van der Waals surface area contributed by atoms with E-state index in [-0.39, 0.29) is 0 Å². The predicted molar refractivity (Wildman–Crippen MR) is 82.6 cm³/mol. The standard InChI is InChI=1S/C16H21N3O/c1-13-7-5-10-16(18-13)19(12-6-11-17)14-8-3-4-9-15(14)20-2/h3-5,7-10H,6,11-12,17H2,1-2H3. The summed E-state index contributed by atoms with van der Waals surface area (Å²) in [4.78, 5) is 6.76. The highest BCUT2D eigenvalue weighted by Crippen LogP contribution is 2.32. The van der Waals surface area contributed by atoms with Crippen LogP contribution in [0.4, 0.5) is 11.5 Å². The van der Waals surface area contributed by atoms with Crippen molar-refractivity contribution >= 4 is 11.5 Å². The molecule has 4 heteroatoms. The van der Waals surface area contributed by atoms with Crippen molar-refractivity contribution < 1.29 is 4.74 Å². The van der Waals surface area contributed by atoms with Crippen molar-refractivity contribution in [2.24, 2.45) is 5.73 Å². The second kappa shape index (κ2) is 6.91. The minimum atomic E-state index is 0.650. The Kier molecular flexibility index (Phi) is 4.96. The van der Waals surface area contributed by atoms with Gasteiger partial charge in [0.05, 0.1) is 12.8 Å². The summed E-state index contributed by atoms with van der Waals surface area (Å²) in [6, 6.07) is 14.0. The van der Waals surface area contributed by atoms with Crippen LogP contribution in [0, 0.1) is 6.92 Å². The van der Waals surface area contributed by atoms with Crippen LogP contribution in [0.2, 0.25) is 0 Å². The summed E-state index contributed by atoms with van der Waals surface area (Å²) in [6.45, 7) is 3.46. The molecular formula is C16H21N3O. The number of nitrogens with two attached hydrogens (primary N) is 1. The van der Waals surface area contributed by atoms with Crippen LogP contribution in [0.15, 0.2) is 42.5 Å². The molecule has 1 aromatic carbocycles. The molecule has 0 unspecified atom stereocenters. The Morgan fingerprint density at radius 2 is 1.95 bits per heavy atom. The lowest BCUT2D eigenvalue weighted by Crippen LogP contribution is -2.22. The van der Waals surface area contributed by atoms with Crippen molar-refractivity contribution in [1.29, 1.82) is 0 Å². The number of hydrogen-bond acceptors (Lipinski definition) is 4. The first-order chi connectivity index (χ1) is 9.76. The molecule has 4 nitrogen and oxygen atoms in total. The minimum absolute atomic E-state index is 0.650. The number of benzene rings is 1. The van der Waals surface area contributed by atoms with Crippen LogP contribution < -0.4 is 15.4 Å². The number of nitrogens with zero attached hydrogens (tertiary/aromatic N) is 2. The molecule has 2 rings (SSSR count). The molecule has 106 valence electrons. The first kappa shape index (κ1) is 14.3. The number of methoxy groups -OCH3 is 1. The summed E-state index contributed by atoms with van der Waals surface area (Å²) >= 11 is 0. The van der Waals surface area contributed by atoms with E-state index in [9.17, 15) is 0 Å². The zero-order valence-corrected chi connectivity index (χ0v) is 12.0. The Bertz CT molecular complexity index is 557. The van der Waals surface area contributed by atoms with Gasteiger partial charge in [0.2, 0.25) is 0 Å². The number of hydrogen-bond donors (Lipinski definition) is 1. The van der Waals surface area contributed by atoms with Crippen molar-refractivity contribution in [2.45, 2.75) is 13.3 Å². The third kappa shape index (κ3) is 3.27. The zero-order valence-electron chi connectivity index (χ0n) is 12.0. The molecule has 0 radical (unpaired) electrons. The van der Waals surface area contributed by atoms with Crippen LogP contribution in [-0.4, -0.2) is 25.2 Å². The Labute approximate surface area is 120 Å². The van der Waals surface area contributed by atoms with E-state index in [0.717, 1.165) is 35.9 Å². The lowest BCUT2D eigenvalue weighted by molar-refractivity contribution is 0.415. The third-order valence-electron chi connectivity index (χ3n) is 3.11. The smallest absolute Gasteiger partial charge is 0.142 e. The fourth-order valence-corrected chi connectivity index (χ4v) is 2.14. The molecule has 1 aromatic heterocycles. The highest BCUT2D eigenvalue weighted by atomic mass is 16.5. The third-order valence-corrected chi connectivity index (χ3v) is 3.11. The van der Waals surface area contributed by atoms with E-state index >= 15 is 0 Å². The van der Waals surface area contributed by atoms with Crippen LogP contribution in [-0.2, 0) is 0 Å². The van der Waals surface area contributed by atoms with Crippen molar-refractivity contribution in [2.75, 3.05) is 25.1 Å². The highest BCUT2D eigenvalue weighted by molar-refractivity contribution is 5.67. The maximum absolute atomic E-state index is 5.66. The van der Waals surface area contributed by atoms with Gasteiger partial charge in [-0.15, -0.1) is 0 Å². The average molecular weight is 271 g/mol. The normalized spacial score (nSPS) is 10.3. The Morgan fingerprint density at radius 3 is 2.65 bits per heavy atom. The van der Waals surface area contributed by atoms with E-state index in [0.29, 0.717) is 6.54 Å². The van der Waals surface area contributed by atoms with Crippen LogP contribution in [0.5, 0.6) is 5.75 Å². The zero-order chi connectivity index (χ0) is 14.4. The monoisotopic (exact) mass is 271 g/mol. The van der Waals surface area contributed by atoms with Crippen LogP contribution in [0.1, 0.15) is 12.1 Å². The molecule has 2 N–H and O–H groups in total. The van der Waals surface area contributed by atoms with E-state index in [1.807, 2.05) is 49.4 Å². The van der Waals surface area contributed by atoms with E-state index in [1.165, 1.54) is 0 Å². The number of ether oxygens (including phenoxy) is 1. The van der Waals surface area contributed by atoms with Gasteiger partial charge >= 0.3 is 0 Å². The van der Waals surface area contributed by atoms with Gasteiger partial charge in [-0.2, -0.15) is 0 Å². The molecule has 0 amide bonds. The largest absolute Gasteiger partial charge is 0.495 e. The van der Waals surface area contributed by atoms with Gasteiger partial charge in [0.1, 0.15) is 11.6 Å². The first-order valence-corrected chi connectivity index (χ1v) is 6.80. The maximum Gasteiger partial charge on any atom is 0.142 e. The van der Waals surface area contributed by atoms with Gasteiger partial charge in [-0.05, 0) is 44.2 Å². The van der Waals surface area contributed by atoms with Crippen LogP contribution in [0.3, 0.4) is 0 Å². The summed E-state index contributed by atoms with van der Waals surface area (Å²) in [7, 11) is 1.68. The van der Waals surface area contributed by atoms with Crippen molar-refractivity contribution in [3.63, 3.8) is 0 Å². The fraction of sp³-hybridized carbons (Fsp3) is 0.312. The minimum Gasteiger partial charge on any atom is -0.495 e. The Balaban J connectivity index is 2.41.